The summed E-state index contributed by atoms with van der Waals surface area (Å²) in [6.07, 6.45) is 41.6. The Bertz CT molecular complexity index is 641. The second-order valence-electron chi connectivity index (χ2n) is 15.4. The van der Waals surface area contributed by atoms with Gasteiger partial charge in [-0.05, 0) is 19.3 Å². The third kappa shape index (κ3) is 26.8. The number of hydrogen-bond acceptors (Lipinski definition) is 4. The molecule has 4 nitrogen and oxygen atoms in total. The number of unbranched alkanes of at least 4 members (excludes halogenated alkanes) is 26. The molecule has 0 amide bonds. The van der Waals surface area contributed by atoms with E-state index < -0.39 is 0 Å². The van der Waals surface area contributed by atoms with Gasteiger partial charge in [-0.3, -0.25) is 14.5 Å². The molecule has 1 rings (SSSR count). The van der Waals surface area contributed by atoms with Crippen molar-refractivity contribution in [3.63, 3.8) is 0 Å². The number of β-amino-alcohol motifs (C(OH)–C–C–N with tert-alkyl or cyclic N) is 1. The summed E-state index contributed by atoms with van der Waals surface area (Å²) in [6.45, 7) is 6.69. The first-order valence-electron chi connectivity index (χ1n) is 21.5. The molecule has 1 fully saturated rings. The van der Waals surface area contributed by atoms with Crippen LogP contribution in [0.25, 0.3) is 0 Å². The Kier molecular flexibility index (Phi) is 31.8. The molecule has 278 valence electrons. The highest BCUT2D eigenvalue weighted by atomic mass is 16.3. The quantitative estimate of drug-likeness (QED) is 0.0729. The van der Waals surface area contributed by atoms with Crippen LogP contribution in [0, 0.1) is 11.8 Å². The second-order valence-corrected chi connectivity index (χ2v) is 15.4. The summed E-state index contributed by atoms with van der Waals surface area (Å²) in [5.74, 6) is 0.823. The fourth-order valence-electron chi connectivity index (χ4n) is 7.75. The standard InChI is InChI=1S/C43H83NO3/c1-3-5-7-9-11-13-15-17-19-21-23-25-27-29-32-40-38-44(36-37-45)39-41(43(47)35-31-34-42(40)46)33-30-28-26-24-22-20-18-16-14-12-10-8-6-4-2/h40-41,45H,3-39H2,1-2H3. The van der Waals surface area contributed by atoms with Gasteiger partial charge in [-0.1, -0.05) is 194 Å². The molecule has 0 aliphatic carbocycles. The summed E-state index contributed by atoms with van der Waals surface area (Å²) in [5, 5.41) is 9.82. The van der Waals surface area contributed by atoms with Crippen molar-refractivity contribution in [2.45, 2.75) is 226 Å². The number of carbonyl (C=O) groups is 2. The van der Waals surface area contributed by atoms with E-state index in [1.54, 1.807) is 0 Å². The number of ketones is 2. The van der Waals surface area contributed by atoms with E-state index in [4.69, 9.17) is 0 Å². The van der Waals surface area contributed by atoms with Gasteiger partial charge in [0.2, 0.25) is 0 Å². The molecule has 1 saturated heterocycles. The van der Waals surface area contributed by atoms with Crippen LogP contribution < -0.4 is 0 Å². The maximum absolute atomic E-state index is 13.2. The lowest BCUT2D eigenvalue weighted by atomic mass is 9.87. The average Bonchev–Trinajstić information content (AvgIpc) is 3.07. The Morgan fingerprint density at radius 1 is 0.468 bits per heavy atom. The largest absolute Gasteiger partial charge is 0.395 e. The molecule has 1 aliphatic rings. The lowest BCUT2D eigenvalue weighted by Gasteiger charge is -2.31. The first-order valence-corrected chi connectivity index (χ1v) is 21.5. The molecular weight excluding hydrogens is 578 g/mol. The van der Waals surface area contributed by atoms with Gasteiger partial charge in [-0.25, -0.2) is 0 Å². The Balaban J connectivity index is 2.25. The smallest absolute Gasteiger partial charge is 0.137 e. The second kappa shape index (κ2) is 33.7. The summed E-state index contributed by atoms with van der Waals surface area (Å²) in [4.78, 5) is 28.6. The number of carbonyl (C=O) groups excluding carboxylic acids is 2. The highest BCUT2D eigenvalue weighted by Crippen LogP contribution is 2.24. The highest BCUT2D eigenvalue weighted by molar-refractivity contribution is 5.84. The van der Waals surface area contributed by atoms with Gasteiger partial charge in [0.25, 0.3) is 0 Å². The van der Waals surface area contributed by atoms with E-state index in [0.29, 0.717) is 31.0 Å². The van der Waals surface area contributed by atoms with Crippen LogP contribution >= 0.6 is 0 Å². The molecule has 0 bridgehead atoms. The zero-order valence-electron chi connectivity index (χ0n) is 32.0. The van der Waals surface area contributed by atoms with E-state index in [0.717, 1.165) is 45.2 Å². The van der Waals surface area contributed by atoms with Gasteiger partial charge in [0.05, 0.1) is 6.61 Å². The lowest BCUT2D eigenvalue weighted by molar-refractivity contribution is -0.127. The average molecular weight is 662 g/mol. The third-order valence-electron chi connectivity index (χ3n) is 10.9. The van der Waals surface area contributed by atoms with Crippen molar-refractivity contribution >= 4 is 11.6 Å². The van der Waals surface area contributed by atoms with Crippen LogP contribution in [0.4, 0.5) is 0 Å². The van der Waals surface area contributed by atoms with Gasteiger partial charge in [-0.2, -0.15) is 0 Å². The molecule has 0 aromatic carbocycles. The van der Waals surface area contributed by atoms with E-state index in [1.807, 2.05) is 0 Å². The van der Waals surface area contributed by atoms with Crippen molar-refractivity contribution in [3.05, 3.63) is 0 Å². The number of rotatable bonds is 32. The first-order chi connectivity index (χ1) is 23.1. The predicted octanol–water partition coefficient (Wildman–Crippen LogP) is 12.6. The number of Topliss-reactive ketones (excluding diaryl/α,β-unsaturated/α-hetero) is 2. The van der Waals surface area contributed by atoms with Crippen LogP contribution in [-0.4, -0.2) is 47.8 Å². The van der Waals surface area contributed by atoms with Crippen molar-refractivity contribution in [1.29, 1.82) is 0 Å². The Morgan fingerprint density at radius 2 is 0.745 bits per heavy atom. The molecule has 1 aliphatic heterocycles. The van der Waals surface area contributed by atoms with E-state index in [9.17, 15) is 14.7 Å². The monoisotopic (exact) mass is 662 g/mol. The summed E-state index contributed by atoms with van der Waals surface area (Å²) >= 11 is 0. The van der Waals surface area contributed by atoms with Crippen LogP contribution in [0.15, 0.2) is 0 Å². The zero-order chi connectivity index (χ0) is 34.0. The van der Waals surface area contributed by atoms with Crippen molar-refractivity contribution < 1.29 is 14.7 Å². The Hall–Kier alpha value is -0.740. The molecule has 0 aromatic rings. The van der Waals surface area contributed by atoms with Gasteiger partial charge in [0, 0.05) is 44.3 Å². The highest BCUT2D eigenvalue weighted by Gasteiger charge is 2.27. The summed E-state index contributed by atoms with van der Waals surface area (Å²) < 4.78 is 0. The zero-order valence-corrected chi connectivity index (χ0v) is 32.0. The summed E-state index contributed by atoms with van der Waals surface area (Å²) in [5.41, 5.74) is 0. The van der Waals surface area contributed by atoms with Crippen LogP contribution in [0.5, 0.6) is 0 Å². The van der Waals surface area contributed by atoms with Gasteiger partial charge in [-0.15, -0.1) is 0 Å². The van der Waals surface area contributed by atoms with Crippen molar-refractivity contribution in [2.24, 2.45) is 11.8 Å². The molecule has 2 atom stereocenters. The van der Waals surface area contributed by atoms with E-state index in [-0.39, 0.29) is 18.4 Å². The minimum absolute atomic E-state index is 0.0637. The maximum atomic E-state index is 13.2. The molecular formula is C43H83NO3. The van der Waals surface area contributed by atoms with Crippen molar-refractivity contribution in [1.82, 2.24) is 4.90 Å². The van der Waals surface area contributed by atoms with E-state index >= 15 is 0 Å². The molecule has 4 heteroatoms. The summed E-state index contributed by atoms with van der Waals surface area (Å²) in [7, 11) is 0. The fraction of sp³-hybridized carbons (Fsp3) is 0.953. The van der Waals surface area contributed by atoms with Gasteiger partial charge >= 0.3 is 0 Å². The first kappa shape index (κ1) is 44.3. The number of nitrogens with zero attached hydrogens (tertiary/aromatic N) is 1. The molecule has 1 heterocycles. The topological polar surface area (TPSA) is 57.6 Å². The summed E-state index contributed by atoms with van der Waals surface area (Å²) in [6, 6.07) is 0. The lowest BCUT2D eigenvalue weighted by Crippen LogP contribution is -2.41. The minimum Gasteiger partial charge on any atom is -0.395 e. The SMILES string of the molecule is CCCCCCCCCCCCCCCCC1CN(CCO)CC(CCCCCCCCCCCCCCCC)C(=O)CCCC1=O. The van der Waals surface area contributed by atoms with Crippen LogP contribution in [0.1, 0.15) is 226 Å². The number of hydrogen-bond donors (Lipinski definition) is 1. The Labute approximate surface area is 294 Å². The van der Waals surface area contributed by atoms with Gasteiger partial charge in [0.1, 0.15) is 11.6 Å². The van der Waals surface area contributed by atoms with Crippen LogP contribution in [-0.2, 0) is 9.59 Å². The molecule has 0 saturated carbocycles. The molecule has 47 heavy (non-hydrogen) atoms. The van der Waals surface area contributed by atoms with Crippen molar-refractivity contribution in [3.8, 4) is 0 Å². The number of aliphatic hydroxyl groups is 1. The van der Waals surface area contributed by atoms with Gasteiger partial charge in [0.15, 0.2) is 0 Å². The van der Waals surface area contributed by atoms with E-state index in [2.05, 4.69) is 18.7 Å². The van der Waals surface area contributed by atoms with E-state index in [1.165, 1.54) is 167 Å². The van der Waals surface area contributed by atoms with Crippen molar-refractivity contribution in [2.75, 3.05) is 26.2 Å². The maximum Gasteiger partial charge on any atom is 0.137 e. The molecule has 0 aromatic heterocycles. The molecule has 1 N–H and O–H groups in total. The molecule has 0 radical (unpaired) electrons. The molecule has 2 unspecified atom stereocenters. The minimum atomic E-state index is 0.0637. The van der Waals surface area contributed by atoms with Crippen LogP contribution in [0.3, 0.4) is 0 Å². The fourth-order valence-corrected chi connectivity index (χ4v) is 7.75. The third-order valence-corrected chi connectivity index (χ3v) is 10.9. The molecule has 0 spiro atoms. The van der Waals surface area contributed by atoms with Gasteiger partial charge < -0.3 is 5.11 Å². The van der Waals surface area contributed by atoms with Crippen LogP contribution in [0.2, 0.25) is 0 Å². The predicted molar refractivity (Wildman–Crippen MR) is 204 cm³/mol. The Morgan fingerprint density at radius 3 is 1.02 bits per heavy atom. The number of aliphatic hydroxyl groups excluding tert-OH is 1. The normalized spacial score (nSPS) is 18.3.